The van der Waals surface area contributed by atoms with Crippen molar-refractivity contribution in [3.05, 3.63) is 23.9 Å². The second-order valence-corrected chi connectivity index (χ2v) is 3.43. The number of halogens is 2. The number of rotatable bonds is 3. The number of fused-ring (bicyclic) bond motifs is 1. The molecule has 0 saturated heterocycles. The van der Waals surface area contributed by atoms with Crippen molar-refractivity contribution in [1.82, 2.24) is 9.78 Å². The number of para-hydroxylation sites is 1. The summed E-state index contributed by atoms with van der Waals surface area (Å²) >= 11 is 0. The highest BCUT2D eigenvalue weighted by molar-refractivity contribution is 5.87. The van der Waals surface area contributed by atoms with Crippen molar-refractivity contribution in [2.75, 3.05) is 0 Å². The van der Waals surface area contributed by atoms with Gasteiger partial charge in [-0.05, 0) is 19.9 Å². The summed E-state index contributed by atoms with van der Waals surface area (Å²) in [5.74, 6) is 0.176. The van der Waals surface area contributed by atoms with E-state index in [0.717, 1.165) is 11.1 Å². The van der Waals surface area contributed by atoms with Crippen molar-refractivity contribution < 1.29 is 13.5 Å². The van der Waals surface area contributed by atoms with Crippen LogP contribution in [0.25, 0.3) is 10.9 Å². The molecular formula is C11H12F2N2O. The topological polar surface area (TPSA) is 27.1 Å². The van der Waals surface area contributed by atoms with Crippen molar-refractivity contribution in [2.24, 2.45) is 0 Å². The molecule has 0 amide bonds. The lowest BCUT2D eigenvalue weighted by Gasteiger charge is -2.07. The molecule has 0 radical (unpaired) electrons. The molecule has 0 aliphatic carbocycles. The molecule has 0 spiro atoms. The molecule has 0 unspecified atom stereocenters. The summed E-state index contributed by atoms with van der Waals surface area (Å²) in [5.41, 5.74) is 1.44. The van der Waals surface area contributed by atoms with Gasteiger partial charge in [-0.25, -0.2) is 0 Å². The van der Waals surface area contributed by atoms with Crippen LogP contribution in [0.1, 0.15) is 12.6 Å². The maximum atomic E-state index is 12.2. The van der Waals surface area contributed by atoms with Gasteiger partial charge in [0, 0.05) is 11.9 Å². The quantitative estimate of drug-likeness (QED) is 0.804. The number of alkyl halides is 2. The number of benzene rings is 1. The first-order valence-corrected chi connectivity index (χ1v) is 5.04. The Hall–Kier alpha value is -1.65. The molecule has 2 rings (SSSR count). The van der Waals surface area contributed by atoms with Gasteiger partial charge >= 0.3 is 6.61 Å². The third-order valence-electron chi connectivity index (χ3n) is 2.43. The molecule has 1 aromatic heterocycles. The fourth-order valence-corrected chi connectivity index (χ4v) is 1.79. The van der Waals surface area contributed by atoms with Gasteiger partial charge in [0.25, 0.3) is 0 Å². The van der Waals surface area contributed by atoms with Crippen LogP contribution < -0.4 is 4.74 Å². The smallest absolute Gasteiger partial charge is 0.387 e. The standard InChI is InChI=1S/C11H12F2N2O/c1-3-15-10-8(7(2)14-15)5-4-6-9(10)16-11(12)13/h4-6,11H,3H2,1-2H3. The number of ether oxygens (including phenoxy) is 1. The van der Waals surface area contributed by atoms with E-state index in [1.807, 2.05) is 19.9 Å². The van der Waals surface area contributed by atoms with Crippen molar-refractivity contribution in [2.45, 2.75) is 27.0 Å². The van der Waals surface area contributed by atoms with E-state index in [0.29, 0.717) is 12.1 Å². The van der Waals surface area contributed by atoms with Crippen LogP contribution in [0.2, 0.25) is 0 Å². The van der Waals surface area contributed by atoms with Crippen LogP contribution in [-0.2, 0) is 6.54 Å². The number of hydrogen-bond donors (Lipinski definition) is 0. The van der Waals surface area contributed by atoms with E-state index in [9.17, 15) is 8.78 Å². The minimum Gasteiger partial charge on any atom is -0.433 e. The lowest BCUT2D eigenvalue weighted by atomic mass is 10.2. The van der Waals surface area contributed by atoms with Gasteiger partial charge in [-0.1, -0.05) is 12.1 Å². The predicted molar refractivity (Wildman–Crippen MR) is 56.8 cm³/mol. The zero-order chi connectivity index (χ0) is 11.7. The predicted octanol–water partition coefficient (Wildman–Crippen LogP) is 2.97. The van der Waals surface area contributed by atoms with E-state index >= 15 is 0 Å². The molecule has 3 nitrogen and oxygen atoms in total. The summed E-state index contributed by atoms with van der Waals surface area (Å²) in [6.45, 7) is 1.56. The van der Waals surface area contributed by atoms with E-state index in [-0.39, 0.29) is 5.75 Å². The molecule has 5 heteroatoms. The second kappa shape index (κ2) is 4.08. The molecule has 0 aliphatic rings. The van der Waals surface area contributed by atoms with Gasteiger partial charge < -0.3 is 4.74 Å². The average molecular weight is 226 g/mol. The summed E-state index contributed by atoms with van der Waals surface area (Å²) in [6.07, 6.45) is 0. The van der Waals surface area contributed by atoms with Crippen molar-refractivity contribution in [3.63, 3.8) is 0 Å². The summed E-state index contributed by atoms with van der Waals surface area (Å²) in [6, 6.07) is 5.07. The largest absolute Gasteiger partial charge is 0.433 e. The highest BCUT2D eigenvalue weighted by Gasteiger charge is 2.14. The van der Waals surface area contributed by atoms with Gasteiger partial charge in [0.2, 0.25) is 0 Å². The first-order chi connectivity index (χ1) is 7.63. The first-order valence-electron chi connectivity index (χ1n) is 5.04. The molecule has 16 heavy (non-hydrogen) atoms. The average Bonchev–Trinajstić information content (AvgIpc) is 2.56. The molecule has 1 heterocycles. The zero-order valence-electron chi connectivity index (χ0n) is 9.08. The van der Waals surface area contributed by atoms with Crippen molar-refractivity contribution in [1.29, 1.82) is 0 Å². The minimum absolute atomic E-state index is 0.176. The summed E-state index contributed by atoms with van der Waals surface area (Å²) in [7, 11) is 0. The van der Waals surface area contributed by atoms with Gasteiger partial charge in [0.1, 0.15) is 5.52 Å². The summed E-state index contributed by atoms with van der Waals surface area (Å²) < 4.78 is 30.6. The highest BCUT2D eigenvalue weighted by atomic mass is 19.3. The van der Waals surface area contributed by atoms with Gasteiger partial charge in [0.15, 0.2) is 5.75 Å². The SMILES string of the molecule is CCn1nc(C)c2cccc(OC(F)F)c21. The van der Waals surface area contributed by atoms with Gasteiger partial charge in [-0.15, -0.1) is 0 Å². The van der Waals surface area contributed by atoms with Crippen molar-refractivity contribution in [3.8, 4) is 5.75 Å². The first kappa shape index (κ1) is 10.9. The Bertz CT molecular complexity index is 508. The zero-order valence-corrected chi connectivity index (χ0v) is 9.08. The van der Waals surface area contributed by atoms with Crippen LogP contribution in [0.5, 0.6) is 5.75 Å². The van der Waals surface area contributed by atoms with E-state index < -0.39 is 6.61 Å². The van der Waals surface area contributed by atoms with Crippen molar-refractivity contribution >= 4 is 10.9 Å². The fraction of sp³-hybridized carbons (Fsp3) is 0.364. The molecule has 0 bridgehead atoms. The Labute approximate surface area is 91.6 Å². The van der Waals surface area contributed by atoms with Crippen LogP contribution in [0.15, 0.2) is 18.2 Å². The fourth-order valence-electron chi connectivity index (χ4n) is 1.79. The molecule has 86 valence electrons. The van der Waals surface area contributed by atoms with Gasteiger partial charge in [-0.3, -0.25) is 4.68 Å². The van der Waals surface area contributed by atoms with Crippen LogP contribution >= 0.6 is 0 Å². The monoisotopic (exact) mass is 226 g/mol. The molecule has 0 atom stereocenters. The Kier molecular flexibility index (Phi) is 2.77. The second-order valence-electron chi connectivity index (χ2n) is 3.43. The van der Waals surface area contributed by atoms with Crippen LogP contribution in [0.4, 0.5) is 8.78 Å². The van der Waals surface area contributed by atoms with E-state index in [2.05, 4.69) is 9.84 Å². The number of aromatic nitrogens is 2. The number of nitrogens with zero attached hydrogens (tertiary/aromatic N) is 2. The lowest BCUT2D eigenvalue weighted by Crippen LogP contribution is -2.04. The van der Waals surface area contributed by atoms with Gasteiger partial charge in [0.05, 0.1) is 5.69 Å². The third kappa shape index (κ3) is 1.73. The Morgan fingerprint density at radius 2 is 2.19 bits per heavy atom. The van der Waals surface area contributed by atoms with Gasteiger partial charge in [-0.2, -0.15) is 13.9 Å². The Balaban J connectivity index is 2.64. The minimum atomic E-state index is -2.81. The molecule has 0 aliphatic heterocycles. The normalized spacial score (nSPS) is 11.3. The lowest BCUT2D eigenvalue weighted by molar-refractivity contribution is -0.0490. The van der Waals surface area contributed by atoms with Crippen LogP contribution in [0.3, 0.4) is 0 Å². The van der Waals surface area contributed by atoms with E-state index in [1.54, 1.807) is 10.7 Å². The maximum Gasteiger partial charge on any atom is 0.387 e. The Morgan fingerprint density at radius 1 is 1.44 bits per heavy atom. The molecule has 1 aromatic carbocycles. The third-order valence-corrected chi connectivity index (χ3v) is 2.43. The maximum absolute atomic E-state index is 12.2. The molecule has 0 saturated carbocycles. The molecule has 0 fully saturated rings. The molecule has 2 aromatic rings. The number of aryl methyl sites for hydroxylation is 2. The molecular weight excluding hydrogens is 214 g/mol. The Morgan fingerprint density at radius 3 is 2.81 bits per heavy atom. The van der Waals surface area contributed by atoms with E-state index in [4.69, 9.17) is 0 Å². The highest BCUT2D eigenvalue weighted by Crippen LogP contribution is 2.28. The summed E-state index contributed by atoms with van der Waals surface area (Å²) in [4.78, 5) is 0. The number of hydrogen-bond acceptors (Lipinski definition) is 2. The van der Waals surface area contributed by atoms with Crippen LogP contribution in [0, 0.1) is 6.92 Å². The summed E-state index contributed by atoms with van der Waals surface area (Å²) in [5, 5.41) is 5.12. The molecule has 0 N–H and O–H groups in total. The van der Waals surface area contributed by atoms with Crippen LogP contribution in [-0.4, -0.2) is 16.4 Å². The van der Waals surface area contributed by atoms with E-state index in [1.165, 1.54) is 6.07 Å².